The zero-order valence-electron chi connectivity index (χ0n) is 10.1. The summed E-state index contributed by atoms with van der Waals surface area (Å²) in [5, 5.41) is 3.96. The number of ether oxygens (including phenoxy) is 2. The number of hydrogen-bond donors (Lipinski definition) is 1. The number of hydrogen-bond acceptors (Lipinski definition) is 6. The van der Waals surface area contributed by atoms with Crippen LogP contribution in [-0.4, -0.2) is 43.6 Å². The smallest absolute Gasteiger partial charge is 0.234 e. The number of nitrogens with two attached hydrogens (primary N) is 1. The van der Waals surface area contributed by atoms with Gasteiger partial charge in [-0.2, -0.15) is 4.98 Å². The maximum atomic E-state index is 5.87. The summed E-state index contributed by atoms with van der Waals surface area (Å²) < 4.78 is 15.7. The van der Waals surface area contributed by atoms with Gasteiger partial charge in [0.05, 0.1) is 12.0 Å². The second-order valence-electron chi connectivity index (χ2n) is 4.36. The van der Waals surface area contributed by atoms with E-state index in [0.717, 1.165) is 12.8 Å². The van der Waals surface area contributed by atoms with E-state index in [2.05, 4.69) is 10.1 Å². The van der Waals surface area contributed by atoms with Crippen molar-refractivity contribution in [1.29, 1.82) is 0 Å². The minimum atomic E-state index is -0.198. The molecule has 2 N–H and O–H groups in total. The quantitative estimate of drug-likeness (QED) is 0.796. The van der Waals surface area contributed by atoms with Crippen LogP contribution in [0.2, 0.25) is 0 Å². The molecular weight excluding hydrogens is 222 g/mol. The summed E-state index contributed by atoms with van der Waals surface area (Å²) in [5.41, 5.74) is 5.67. The number of methoxy groups -OCH3 is 1. The standard InChI is InChI=1S/C11H19N3O3/c1-15-5-2-9-13-10(17-14-9)11(8-12)3-6-16-7-4-11/h2-8,12H2,1H3. The highest BCUT2D eigenvalue weighted by molar-refractivity contribution is 5.07. The van der Waals surface area contributed by atoms with Crippen molar-refractivity contribution < 1.29 is 14.0 Å². The third-order valence-electron chi connectivity index (χ3n) is 3.29. The van der Waals surface area contributed by atoms with E-state index in [1.165, 1.54) is 0 Å². The van der Waals surface area contributed by atoms with Crippen LogP contribution in [0.1, 0.15) is 24.6 Å². The summed E-state index contributed by atoms with van der Waals surface area (Å²) in [6.07, 6.45) is 2.35. The Bertz CT molecular complexity index is 347. The first-order valence-corrected chi connectivity index (χ1v) is 5.90. The molecule has 17 heavy (non-hydrogen) atoms. The van der Waals surface area contributed by atoms with Gasteiger partial charge in [-0.15, -0.1) is 0 Å². The molecule has 0 radical (unpaired) electrons. The van der Waals surface area contributed by atoms with Gasteiger partial charge in [-0.1, -0.05) is 5.16 Å². The molecule has 2 heterocycles. The second-order valence-corrected chi connectivity index (χ2v) is 4.36. The van der Waals surface area contributed by atoms with Crippen molar-refractivity contribution >= 4 is 0 Å². The molecule has 1 aliphatic rings. The molecule has 0 unspecified atom stereocenters. The van der Waals surface area contributed by atoms with Gasteiger partial charge in [-0.25, -0.2) is 0 Å². The van der Waals surface area contributed by atoms with Crippen LogP contribution < -0.4 is 5.73 Å². The first kappa shape index (κ1) is 12.5. The molecule has 0 aromatic carbocycles. The first-order chi connectivity index (χ1) is 8.30. The summed E-state index contributed by atoms with van der Waals surface area (Å²) in [6, 6.07) is 0. The Labute approximate surface area is 100 Å². The minimum absolute atomic E-state index is 0.198. The highest BCUT2D eigenvalue weighted by atomic mass is 16.5. The van der Waals surface area contributed by atoms with Crippen LogP contribution in [0, 0.1) is 0 Å². The van der Waals surface area contributed by atoms with Gasteiger partial charge in [-0.05, 0) is 12.8 Å². The maximum Gasteiger partial charge on any atom is 0.234 e. The Balaban J connectivity index is 2.10. The highest BCUT2D eigenvalue weighted by Crippen LogP contribution is 2.32. The molecule has 1 aromatic heterocycles. The van der Waals surface area contributed by atoms with Crippen molar-refractivity contribution in [2.75, 3.05) is 33.5 Å². The van der Waals surface area contributed by atoms with E-state index in [9.17, 15) is 0 Å². The van der Waals surface area contributed by atoms with Gasteiger partial charge in [0.25, 0.3) is 0 Å². The summed E-state index contributed by atoms with van der Waals surface area (Å²) >= 11 is 0. The Hall–Kier alpha value is -0.980. The predicted octanol–water partition coefficient (Wildman–Crippen LogP) is 0.265. The third kappa shape index (κ3) is 2.65. The largest absolute Gasteiger partial charge is 0.384 e. The van der Waals surface area contributed by atoms with Gasteiger partial charge in [0.2, 0.25) is 5.89 Å². The fraction of sp³-hybridized carbons (Fsp3) is 0.818. The van der Waals surface area contributed by atoms with Crippen molar-refractivity contribution in [3.05, 3.63) is 11.7 Å². The van der Waals surface area contributed by atoms with Crippen molar-refractivity contribution in [2.24, 2.45) is 5.73 Å². The Morgan fingerprint density at radius 2 is 2.18 bits per heavy atom. The van der Waals surface area contributed by atoms with E-state index in [-0.39, 0.29) is 5.41 Å². The monoisotopic (exact) mass is 241 g/mol. The van der Waals surface area contributed by atoms with Crippen molar-refractivity contribution in [3.8, 4) is 0 Å². The summed E-state index contributed by atoms with van der Waals surface area (Å²) in [4.78, 5) is 4.42. The minimum Gasteiger partial charge on any atom is -0.384 e. The Kier molecular flexibility index (Phi) is 4.09. The molecule has 96 valence electrons. The molecule has 1 aromatic rings. The highest BCUT2D eigenvalue weighted by Gasteiger charge is 2.38. The summed E-state index contributed by atoms with van der Waals surface area (Å²) in [6.45, 7) is 2.51. The van der Waals surface area contributed by atoms with E-state index >= 15 is 0 Å². The van der Waals surface area contributed by atoms with Crippen molar-refractivity contribution in [1.82, 2.24) is 10.1 Å². The molecule has 1 saturated heterocycles. The van der Waals surface area contributed by atoms with Gasteiger partial charge < -0.3 is 19.7 Å². The SMILES string of the molecule is COCCc1noc(C2(CN)CCOCC2)n1. The van der Waals surface area contributed by atoms with Crippen molar-refractivity contribution in [3.63, 3.8) is 0 Å². The number of rotatable bonds is 5. The van der Waals surface area contributed by atoms with Gasteiger partial charge in [0, 0.05) is 33.3 Å². The average Bonchev–Trinajstić information content (AvgIpc) is 2.86. The number of nitrogens with zero attached hydrogens (tertiary/aromatic N) is 2. The normalized spacial score (nSPS) is 19.4. The summed E-state index contributed by atoms with van der Waals surface area (Å²) in [7, 11) is 1.65. The van der Waals surface area contributed by atoms with Crippen LogP contribution in [0.15, 0.2) is 4.52 Å². The molecule has 1 fully saturated rings. The van der Waals surface area contributed by atoms with Gasteiger partial charge >= 0.3 is 0 Å². The molecule has 0 amide bonds. The van der Waals surface area contributed by atoms with E-state index < -0.39 is 0 Å². The third-order valence-corrected chi connectivity index (χ3v) is 3.29. The topological polar surface area (TPSA) is 83.4 Å². The molecule has 6 heteroatoms. The zero-order valence-corrected chi connectivity index (χ0v) is 10.1. The molecule has 2 rings (SSSR count). The lowest BCUT2D eigenvalue weighted by molar-refractivity contribution is 0.0409. The van der Waals surface area contributed by atoms with Gasteiger partial charge in [-0.3, -0.25) is 0 Å². The fourth-order valence-electron chi connectivity index (χ4n) is 2.03. The molecular formula is C11H19N3O3. The van der Waals surface area contributed by atoms with Crippen LogP contribution >= 0.6 is 0 Å². The first-order valence-electron chi connectivity index (χ1n) is 5.90. The molecule has 6 nitrogen and oxygen atoms in total. The van der Waals surface area contributed by atoms with E-state index in [0.29, 0.717) is 44.5 Å². The zero-order chi connectivity index (χ0) is 12.1. The molecule has 0 atom stereocenters. The number of aromatic nitrogens is 2. The van der Waals surface area contributed by atoms with Crippen LogP contribution in [0.3, 0.4) is 0 Å². The molecule has 0 bridgehead atoms. The van der Waals surface area contributed by atoms with Gasteiger partial charge in [0.15, 0.2) is 5.82 Å². The fourth-order valence-corrected chi connectivity index (χ4v) is 2.03. The maximum absolute atomic E-state index is 5.87. The average molecular weight is 241 g/mol. The molecule has 0 aliphatic carbocycles. The molecule has 0 saturated carbocycles. The summed E-state index contributed by atoms with van der Waals surface area (Å²) in [5.74, 6) is 1.33. The molecule has 0 spiro atoms. The van der Waals surface area contributed by atoms with E-state index in [1.54, 1.807) is 7.11 Å². The van der Waals surface area contributed by atoms with E-state index in [1.807, 2.05) is 0 Å². The Morgan fingerprint density at radius 1 is 1.41 bits per heavy atom. The van der Waals surface area contributed by atoms with Crippen LogP contribution in [0.25, 0.3) is 0 Å². The van der Waals surface area contributed by atoms with E-state index in [4.69, 9.17) is 19.7 Å². The van der Waals surface area contributed by atoms with Crippen LogP contribution in [0.4, 0.5) is 0 Å². The van der Waals surface area contributed by atoms with Crippen LogP contribution in [-0.2, 0) is 21.3 Å². The van der Waals surface area contributed by atoms with Crippen molar-refractivity contribution in [2.45, 2.75) is 24.7 Å². The second kappa shape index (κ2) is 5.57. The van der Waals surface area contributed by atoms with Crippen LogP contribution in [0.5, 0.6) is 0 Å². The lowest BCUT2D eigenvalue weighted by atomic mass is 9.80. The lowest BCUT2D eigenvalue weighted by Gasteiger charge is -2.32. The van der Waals surface area contributed by atoms with Gasteiger partial charge in [0.1, 0.15) is 0 Å². The predicted molar refractivity (Wildman–Crippen MR) is 60.7 cm³/mol. The lowest BCUT2D eigenvalue weighted by Crippen LogP contribution is -2.40. The molecule has 1 aliphatic heterocycles. The Morgan fingerprint density at radius 3 is 2.82 bits per heavy atom.